The van der Waals surface area contributed by atoms with Gasteiger partial charge in [-0.3, -0.25) is 0 Å². The molecule has 1 heterocycles. The molecule has 0 amide bonds. The van der Waals surface area contributed by atoms with Crippen LogP contribution in [0.5, 0.6) is 0 Å². The monoisotopic (exact) mass is 586 g/mol. The van der Waals surface area contributed by atoms with Crippen LogP contribution in [-0.2, 0) is 16.1 Å². The fourth-order valence-corrected chi connectivity index (χ4v) is 5.63. The highest BCUT2D eigenvalue weighted by Crippen LogP contribution is 2.43. The number of quaternary nitrogens is 1. The lowest BCUT2D eigenvalue weighted by Crippen LogP contribution is -2.82. The minimum Gasteiger partial charge on any atom is -0.847 e. The van der Waals surface area contributed by atoms with Crippen molar-refractivity contribution in [3.05, 3.63) is 126 Å². The molecule has 0 bridgehead atoms. The predicted octanol–water partition coefficient (Wildman–Crippen LogP) is 5.52. The molecule has 6 rings (SSSR count). The molecule has 0 radical (unpaired) electrons. The summed E-state index contributed by atoms with van der Waals surface area (Å²) in [6.45, 7) is 5.12. The zero-order chi connectivity index (χ0) is 31.2. The molecule has 0 spiro atoms. The van der Waals surface area contributed by atoms with Gasteiger partial charge in [0.05, 0.1) is 17.8 Å². The van der Waals surface area contributed by atoms with Crippen LogP contribution in [0, 0.1) is 13.8 Å². The number of aryl methyl sites for hydroxylation is 1. The van der Waals surface area contributed by atoms with Gasteiger partial charge in [0.25, 0.3) is 0 Å². The standard InChI is InChI=1S/C35H31N2O.C2H2O4/c1-24-12-11-19-32(25(24)2)36-22-29(38)23-37-34(28-16-7-4-8-17-28)33(27-14-5-3-6-15-27)31-21-20-26-13-9-10-18-30(26)35(31)37;3-1(4)2(5)6/h3-21,29,36H,22-23H2,1-2H3;(H,3,4)(H,5,6)/q-1;/p+1. The Hall–Kier alpha value is -5.24. The molecule has 1 aromatic heterocycles. The first-order valence-electron chi connectivity index (χ1n) is 14.4. The summed E-state index contributed by atoms with van der Waals surface area (Å²) in [5.74, 6) is -3.65. The average Bonchev–Trinajstić information content (AvgIpc) is 3.37. The lowest BCUT2D eigenvalue weighted by Gasteiger charge is -2.24. The van der Waals surface area contributed by atoms with Gasteiger partial charge in [0, 0.05) is 28.4 Å². The summed E-state index contributed by atoms with van der Waals surface area (Å²) in [7, 11) is 0. The van der Waals surface area contributed by atoms with Crippen molar-refractivity contribution in [3.8, 4) is 22.4 Å². The first-order valence-corrected chi connectivity index (χ1v) is 14.4. The summed E-state index contributed by atoms with van der Waals surface area (Å²) in [6, 6.07) is 40.3. The molecule has 0 aliphatic carbocycles. The van der Waals surface area contributed by atoms with Crippen molar-refractivity contribution in [1.82, 2.24) is 4.57 Å². The van der Waals surface area contributed by atoms with Crippen molar-refractivity contribution in [2.24, 2.45) is 0 Å². The molecule has 4 N–H and O–H groups in total. The van der Waals surface area contributed by atoms with Crippen LogP contribution in [0.2, 0.25) is 0 Å². The lowest BCUT2D eigenvalue weighted by molar-refractivity contribution is -0.613. The SMILES string of the molecule is Cc1cccc([NH2+]CC([O-])Cn2c(-c3ccccc3)c(-c3ccccc3)c3ccc4ccccc4c32)c1C.O=C(O)C(=O)O. The molecule has 0 fully saturated rings. The summed E-state index contributed by atoms with van der Waals surface area (Å²) >= 11 is 0. The third kappa shape index (κ3) is 6.39. The first-order chi connectivity index (χ1) is 21.3. The van der Waals surface area contributed by atoms with Crippen LogP contribution < -0.4 is 10.4 Å². The molecule has 5 aromatic carbocycles. The highest BCUT2D eigenvalue weighted by Gasteiger charge is 2.22. The maximum atomic E-state index is 13.7. The van der Waals surface area contributed by atoms with Crippen molar-refractivity contribution in [1.29, 1.82) is 0 Å². The number of nitrogens with two attached hydrogens (primary N) is 1. The Labute approximate surface area is 255 Å². The number of hydrogen-bond donors (Lipinski definition) is 3. The smallest absolute Gasteiger partial charge is 0.414 e. The minimum absolute atomic E-state index is 0.392. The maximum absolute atomic E-state index is 13.7. The van der Waals surface area contributed by atoms with Gasteiger partial charge in [0.1, 0.15) is 5.69 Å². The van der Waals surface area contributed by atoms with E-state index in [1.807, 2.05) is 6.07 Å². The van der Waals surface area contributed by atoms with Crippen molar-refractivity contribution in [3.63, 3.8) is 0 Å². The summed E-state index contributed by atoms with van der Waals surface area (Å²) in [5.41, 5.74) is 9.36. The van der Waals surface area contributed by atoms with Gasteiger partial charge in [-0.1, -0.05) is 115 Å². The topological polar surface area (TPSA) is 119 Å². The van der Waals surface area contributed by atoms with E-state index in [0.717, 1.165) is 28.0 Å². The Balaban J connectivity index is 0.000000584. The number of carbonyl (C=O) groups is 2. The number of aliphatic carboxylic acids is 2. The Morgan fingerprint density at radius 1 is 0.727 bits per heavy atom. The van der Waals surface area contributed by atoms with Gasteiger partial charge in [-0.25, -0.2) is 9.59 Å². The molecular formula is C37H34N2O5. The number of carboxylic acids is 2. The molecule has 6 aromatic rings. The molecule has 0 aliphatic heterocycles. The Bertz CT molecular complexity index is 1920. The van der Waals surface area contributed by atoms with Gasteiger partial charge in [-0.05, 0) is 42.0 Å². The Kier molecular flexibility index (Phi) is 9.19. The van der Waals surface area contributed by atoms with E-state index in [0.29, 0.717) is 13.1 Å². The largest absolute Gasteiger partial charge is 0.847 e. The molecule has 1 atom stereocenters. The van der Waals surface area contributed by atoms with Gasteiger partial charge < -0.3 is 25.2 Å². The maximum Gasteiger partial charge on any atom is 0.414 e. The third-order valence-electron chi connectivity index (χ3n) is 7.87. The molecule has 7 heteroatoms. The molecule has 222 valence electrons. The number of fused-ring (bicyclic) bond motifs is 3. The highest BCUT2D eigenvalue weighted by molar-refractivity contribution is 6.27. The molecule has 0 aliphatic rings. The number of nitrogens with zero attached hydrogens (tertiary/aromatic N) is 1. The third-order valence-corrected chi connectivity index (χ3v) is 7.87. The Morgan fingerprint density at radius 2 is 1.34 bits per heavy atom. The van der Waals surface area contributed by atoms with Crippen molar-refractivity contribution >= 4 is 39.3 Å². The van der Waals surface area contributed by atoms with E-state index in [-0.39, 0.29) is 0 Å². The molecule has 7 nitrogen and oxygen atoms in total. The summed E-state index contributed by atoms with van der Waals surface area (Å²) in [4.78, 5) is 18.2. The molecular weight excluding hydrogens is 552 g/mol. The van der Waals surface area contributed by atoms with Crippen LogP contribution in [0.25, 0.3) is 44.1 Å². The van der Waals surface area contributed by atoms with Gasteiger partial charge in [-0.2, -0.15) is 0 Å². The van der Waals surface area contributed by atoms with E-state index >= 15 is 0 Å². The number of aromatic nitrogens is 1. The summed E-state index contributed by atoms with van der Waals surface area (Å²) < 4.78 is 2.30. The number of rotatable bonds is 7. The molecule has 1 unspecified atom stereocenters. The van der Waals surface area contributed by atoms with Crippen LogP contribution >= 0.6 is 0 Å². The van der Waals surface area contributed by atoms with E-state index in [1.165, 1.54) is 32.8 Å². The van der Waals surface area contributed by atoms with E-state index in [2.05, 4.69) is 133 Å². The number of carboxylic acid groups (broad SMARTS) is 2. The van der Waals surface area contributed by atoms with E-state index in [9.17, 15) is 5.11 Å². The second-order valence-electron chi connectivity index (χ2n) is 10.7. The molecule has 0 saturated carbocycles. The van der Waals surface area contributed by atoms with Gasteiger partial charge in [-0.15, -0.1) is 0 Å². The average molecular weight is 587 g/mol. The van der Waals surface area contributed by atoms with E-state index in [1.54, 1.807) is 0 Å². The van der Waals surface area contributed by atoms with Gasteiger partial charge in [0.15, 0.2) is 0 Å². The van der Waals surface area contributed by atoms with Crippen LogP contribution in [0.15, 0.2) is 115 Å². The summed E-state index contributed by atoms with van der Waals surface area (Å²) in [5, 5.41) is 34.2. The second-order valence-corrected chi connectivity index (χ2v) is 10.7. The predicted molar refractivity (Wildman–Crippen MR) is 172 cm³/mol. The minimum atomic E-state index is -1.82. The van der Waals surface area contributed by atoms with Crippen LogP contribution in [0.4, 0.5) is 5.69 Å². The first kappa shape index (κ1) is 30.2. The normalized spacial score (nSPS) is 11.6. The lowest BCUT2D eigenvalue weighted by atomic mass is 9.97. The second kappa shape index (κ2) is 13.4. The van der Waals surface area contributed by atoms with Crippen molar-refractivity contribution < 1.29 is 30.2 Å². The van der Waals surface area contributed by atoms with Crippen LogP contribution in [-0.4, -0.2) is 39.4 Å². The van der Waals surface area contributed by atoms with Crippen molar-refractivity contribution in [2.75, 3.05) is 6.54 Å². The quantitative estimate of drug-likeness (QED) is 0.168. The Morgan fingerprint density at radius 3 is 2.00 bits per heavy atom. The van der Waals surface area contributed by atoms with Crippen molar-refractivity contribution in [2.45, 2.75) is 26.5 Å². The summed E-state index contributed by atoms with van der Waals surface area (Å²) in [6.07, 6.45) is -0.782. The van der Waals surface area contributed by atoms with Crippen LogP contribution in [0.3, 0.4) is 0 Å². The van der Waals surface area contributed by atoms with Crippen LogP contribution in [0.1, 0.15) is 11.1 Å². The highest BCUT2D eigenvalue weighted by atomic mass is 16.4. The molecule has 44 heavy (non-hydrogen) atoms. The number of benzene rings is 5. The molecule has 0 saturated heterocycles. The number of hydrogen-bond acceptors (Lipinski definition) is 3. The fourth-order valence-electron chi connectivity index (χ4n) is 5.63. The zero-order valence-electron chi connectivity index (χ0n) is 24.6. The van der Waals surface area contributed by atoms with Gasteiger partial charge in [0.2, 0.25) is 0 Å². The zero-order valence-corrected chi connectivity index (χ0v) is 24.6. The van der Waals surface area contributed by atoms with Gasteiger partial charge >= 0.3 is 11.9 Å². The van der Waals surface area contributed by atoms with E-state index in [4.69, 9.17) is 19.8 Å². The fraction of sp³-hybridized carbons (Fsp3) is 0.135. The van der Waals surface area contributed by atoms with E-state index < -0.39 is 18.0 Å².